The Hall–Kier alpha value is -0.560. The lowest BCUT2D eigenvalue weighted by Crippen LogP contribution is -2.44. The summed E-state index contributed by atoms with van der Waals surface area (Å²) in [7, 11) is 0. The van der Waals surface area contributed by atoms with Gasteiger partial charge in [-0.3, -0.25) is 19.4 Å². The van der Waals surface area contributed by atoms with Gasteiger partial charge >= 0.3 is 11.9 Å². The summed E-state index contributed by atoms with van der Waals surface area (Å²) in [4.78, 5) is 25.5. The van der Waals surface area contributed by atoms with Crippen LogP contribution < -0.4 is 0 Å². The Morgan fingerprint density at radius 3 is 1.14 bits per heavy atom. The van der Waals surface area contributed by atoms with Crippen LogP contribution in [-0.2, 0) is 9.59 Å². The molecule has 0 aliphatic carbocycles. The molecule has 0 aromatic heterocycles. The van der Waals surface area contributed by atoms with Gasteiger partial charge in [-0.25, -0.2) is 0 Å². The fourth-order valence-electron chi connectivity index (χ4n) is 4.28. The van der Waals surface area contributed by atoms with Crippen LogP contribution in [0.15, 0.2) is 0 Å². The van der Waals surface area contributed by atoms with E-state index in [1.807, 2.05) is 0 Å². The molecule has 6 nitrogen and oxygen atoms in total. The van der Waals surface area contributed by atoms with E-state index < -0.39 is 11.9 Å². The molecular formula is C20H40Cl2N2O4. The van der Waals surface area contributed by atoms with Crippen LogP contribution in [0.5, 0.6) is 0 Å². The SMILES string of the molecule is C[C@@H]1CCC[C@H](C)N1CCC(=O)O.C[C@@H]1CCC[C@H](C)N1CCC(=O)O.Cl.Cl. The second-order valence-corrected chi connectivity index (χ2v) is 8.02. The van der Waals surface area contributed by atoms with Gasteiger partial charge in [-0.05, 0) is 53.4 Å². The molecule has 0 saturated carbocycles. The van der Waals surface area contributed by atoms with Gasteiger partial charge in [0.1, 0.15) is 0 Å². The normalized spacial score (nSPS) is 28.1. The summed E-state index contributed by atoms with van der Waals surface area (Å²) in [5.74, 6) is -1.38. The summed E-state index contributed by atoms with van der Waals surface area (Å²) >= 11 is 0. The Balaban J connectivity index is 0. The zero-order chi connectivity index (χ0) is 19.7. The molecule has 2 aliphatic heterocycles. The molecule has 0 aromatic rings. The van der Waals surface area contributed by atoms with Crippen LogP contribution in [0.2, 0.25) is 0 Å². The molecular weight excluding hydrogens is 403 g/mol. The van der Waals surface area contributed by atoms with E-state index in [1.165, 1.54) is 38.5 Å². The van der Waals surface area contributed by atoms with Crippen LogP contribution in [0.25, 0.3) is 0 Å². The first-order chi connectivity index (χ1) is 12.2. The molecule has 0 unspecified atom stereocenters. The fraction of sp³-hybridized carbons (Fsp3) is 0.900. The maximum atomic E-state index is 10.4. The summed E-state index contributed by atoms with van der Waals surface area (Å²) in [6, 6.07) is 2.23. The molecule has 2 heterocycles. The second-order valence-electron chi connectivity index (χ2n) is 8.02. The van der Waals surface area contributed by atoms with Crippen molar-refractivity contribution in [2.75, 3.05) is 13.1 Å². The van der Waals surface area contributed by atoms with E-state index in [9.17, 15) is 9.59 Å². The average Bonchev–Trinajstić information content (AvgIpc) is 2.54. The van der Waals surface area contributed by atoms with E-state index in [1.54, 1.807) is 0 Å². The van der Waals surface area contributed by atoms with Crippen LogP contribution in [0.3, 0.4) is 0 Å². The molecule has 2 saturated heterocycles. The van der Waals surface area contributed by atoms with Crippen molar-refractivity contribution < 1.29 is 19.8 Å². The maximum Gasteiger partial charge on any atom is 0.304 e. The third-order valence-electron chi connectivity index (χ3n) is 5.92. The smallest absolute Gasteiger partial charge is 0.304 e. The molecule has 0 spiro atoms. The lowest BCUT2D eigenvalue weighted by Gasteiger charge is -2.38. The van der Waals surface area contributed by atoms with Gasteiger partial charge in [0.15, 0.2) is 0 Å². The van der Waals surface area contributed by atoms with E-state index in [-0.39, 0.29) is 37.7 Å². The van der Waals surface area contributed by atoms with Crippen LogP contribution in [0, 0.1) is 0 Å². The maximum absolute atomic E-state index is 10.4. The summed E-state index contributed by atoms with van der Waals surface area (Å²) in [5.41, 5.74) is 0. The number of aliphatic carboxylic acids is 2. The first-order valence-corrected chi connectivity index (χ1v) is 10.2. The van der Waals surface area contributed by atoms with Crippen molar-refractivity contribution in [3.63, 3.8) is 0 Å². The molecule has 2 N–H and O–H groups in total. The van der Waals surface area contributed by atoms with Crippen molar-refractivity contribution in [2.45, 2.75) is 103 Å². The number of carbonyl (C=O) groups is 2. The molecule has 8 heteroatoms. The lowest BCUT2D eigenvalue weighted by molar-refractivity contribution is -0.138. The van der Waals surface area contributed by atoms with Crippen molar-refractivity contribution >= 4 is 36.8 Å². The standard InChI is InChI=1S/2C10H19NO2.2ClH/c2*1-8-4-3-5-9(2)11(8)7-6-10(12)13;;/h2*8-9H,3-7H2,1-2H3,(H,12,13);2*1H/t2*8-,9+;;. The predicted molar refractivity (Wildman–Crippen MR) is 118 cm³/mol. The number of carboxylic acid groups (broad SMARTS) is 2. The lowest BCUT2D eigenvalue weighted by atomic mass is 9.97. The highest BCUT2D eigenvalue weighted by Crippen LogP contribution is 2.23. The first kappa shape index (κ1) is 29.6. The molecule has 2 rings (SSSR count). The van der Waals surface area contributed by atoms with E-state index in [0.717, 1.165) is 0 Å². The van der Waals surface area contributed by atoms with Gasteiger partial charge in [0.2, 0.25) is 0 Å². The highest BCUT2D eigenvalue weighted by molar-refractivity contribution is 5.85. The van der Waals surface area contributed by atoms with Gasteiger partial charge in [0.05, 0.1) is 12.8 Å². The third-order valence-corrected chi connectivity index (χ3v) is 5.92. The first-order valence-electron chi connectivity index (χ1n) is 10.2. The van der Waals surface area contributed by atoms with E-state index in [0.29, 0.717) is 37.3 Å². The van der Waals surface area contributed by atoms with Crippen LogP contribution >= 0.6 is 24.8 Å². The van der Waals surface area contributed by atoms with Crippen LogP contribution in [0.1, 0.15) is 79.1 Å². The second kappa shape index (κ2) is 15.3. The minimum Gasteiger partial charge on any atom is -0.481 e. The number of hydrogen-bond acceptors (Lipinski definition) is 4. The molecule has 0 aromatic carbocycles. The number of nitrogens with zero attached hydrogens (tertiary/aromatic N) is 2. The molecule has 28 heavy (non-hydrogen) atoms. The van der Waals surface area contributed by atoms with E-state index in [4.69, 9.17) is 10.2 Å². The van der Waals surface area contributed by atoms with Gasteiger partial charge in [-0.2, -0.15) is 0 Å². The van der Waals surface area contributed by atoms with Gasteiger partial charge in [-0.15, -0.1) is 24.8 Å². The summed E-state index contributed by atoms with van der Waals surface area (Å²) in [6.07, 6.45) is 7.96. The van der Waals surface area contributed by atoms with Crippen LogP contribution in [0.4, 0.5) is 0 Å². The molecule has 0 radical (unpaired) electrons. The number of piperidine rings is 2. The number of likely N-dealkylation sites (tertiary alicyclic amines) is 2. The average molecular weight is 443 g/mol. The number of rotatable bonds is 6. The molecule has 2 fully saturated rings. The fourth-order valence-corrected chi connectivity index (χ4v) is 4.28. The highest BCUT2D eigenvalue weighted by Gasteiger charge is 2.25. The van der Waals surface area contributed by atoms with Crippen molar-refractivity contribution in [1.82, 2.24) is 9.80 Å². The number of halogens is 2. The minimum atomic E-state index is -0.690. The molecule has 0 amide bonds. The quantitative estimate of drug-likeness (QED) is 0.638. The Morgan fingerprint density at radius 2 is 0.929 bits per heavy atom. The van der Waals surface area contributed by atoms with Gasteiger partial charge in [-0.1, -0.05) is 12.8 Å². The number of hydrogen-bond donors (Lipinski definition) is 2. The minimum absolute atomic E-state index is 0. The topological polar surface area (TPSA) is 81.1 Å². The Bertz CT molecular complexity index is 394. The van der Waals surface area contributed by atoms with Gasteiger partial charge in [0.25, 0.3) is 0 Å². The van der Waals surface area contributed by atoms with E-state index in [2.05, 4.69) is 37.5 Å². The summed E-state index contributed by atoms with van der Waals surface area (Å²) < 4.78 is 0. The van der Waals surface area contributed by atoms with E-state index >= 15 is 0 Å². The predicted octanol–water partition coefficient (Wildman–Crippen LogP) is 4.29. The van der Waals surface area contributed by atoms with Crippen molar-refractivity contribution in [2.24, 2.45) is 0 Å². The summed E-state index contributed by atoms with van der Waals surface area (Å²) in [6.45, 7) is 10.2. The van der Waals surface area contributed by atoms with Crippen molar-refractivity contribution in [3.05, 3.63) is 0 Å². The Labute approximate surface area is 182 Å². The van der Waals surface area contributed by atoms with Crippen molar-refractivity contribution in [3.8, 4) is 0 Å². The van der Waals surface area contributed by atoms with Gasteiger partial charge < -0.3 is 10.2 Å². The van der Waals surface area contributed by atoms with Crippen molar-refractivity contribution in [1.29, 1.82) is 0 Å². The highest BCUT2D eigenvalue weighted by atomic mass is 35.5. The zero-order valence-corrected chi connectivity index (χ0v) is 19.4. The molecule has 0 bridgehead atoms. The van der Waals surface area contributed by atoms with Gasteiger partial charge in [0, 0.05) is 37.3 Å². The third kappa shape index (κ3) is 10.8. The van der Waals surface area contributed by atoms with Crippen LogP contribution in [-0.4, -0.2) is 69.2 Å². The largest absolute Gasteiger partial charge is 0.481 e. The molecule has 168 valence electrons. The Kier molecular flexibility index (Phi) is 16.2. The Morgan fingerprint density at radius 1 is 0.679 bits per heavy atom. The monoisotopic (exact) mass is 442 g/mol. The summed E-state index contributed by atoms with van der Waals surface area (Å²) in [5, 5.41) is 17.2. The molecule has 2 aliphatic rings. The number of carboxylic acids is 2. The molecule has 4 atom stereocenters. The zero-order valence-electron chi connectivity index (χ0n) is 17.8.